The van der Waals surface area contributed by atoms with E-state index in [-0.39, 0.29) is 5.91 Å². The normalized spacial score (nSPS) is 10.3. The smallest absolute Gasteiger partial charge is 0.251 e. The number of halogens is 2. The van der Waals surface area contributed by atoms with Crippen LogP contribution in [0, 0.1) is 5.82 Å². The van der Waals surface area contributed by atoms with E-state index in [0.29, 0.717) is 17.1 Å². The van der Waals surface area contributed by atoms with Gasteiger partial charge in [-0.15, -0.1) is 0 Å². The van der Waals surface area contributed by atoms with E-state index in [4.69, 9.17) is 11.6 Å². The fourth-order valence-electron chi connectivity index (χ4n) is 1.88. The number of amides is 1. The van der Waals surface area contributed by atoms with Crippen molar-refractivity contribution in [1.82, 2.24) is 5.32 Å². The highest BCUT2D eigenvalue weighted by molar-refractivity contribution is 6.30. The van der Waals surface area contributed by atoms with Crippen molar-refractivity contribution in [2.45, 2.75) is 12.8 Å². The summed E-state index contributed by atoms with van der Waals surface area (Å²) < 4.78 is 13.0. The van der Waals surface area contributed by atoms with E-state index in [1.807, 2.05) is 24.3 Å². The summed E-state index contributed by atoms with van der Waals surface area (Å²) in [5.74, 6) is -0.653. The Morgan fingerprint density at radius 3 is 2.60 bits per heavy atom. The molecular weight excluding hydrogens is 277 g/mol. The van der Waals surface area contributed by atoms with Crippen LogP contribution in [0.5, 0.6) is 0 Å². The number of hydrogen-bond donors (Lipinski definition) is 1. The van der Waals surface area contributed by atoms with Gasteiger partial charge < -0.3 is 5.32 Å². The third-order valence-corrected chi connectivity index (χ3v) is 3.18. The van der Waals surface area contributed by atoms with Crippen molar-refractivity contribution in [1.29, 1.82) is 0 Å². The maximum atomic E-state index is 13.0. The second-order valence-electron chi connectivity index (χ2n) is 4.50. The molecule has 4 heteroatoms. The highest BCUT2D eigenvalue weighted by Crippen LogP contribution is 2.10. The first-order valence-electron chi connectivity index (χ1n) is 6.43. The Bertz CT molecular complexity index is 583. The predicted octanol–water partition coefficient (Wildman–Crippen LogP) is 3.84. The summed E-state index contributed by atoms with van der Waals surface area (Å²) in [6.45, 7) is 0.554. The topological polar surface area (TPSA) is 29.1 Å². The first kappa shape index (κ1) is 14.5. The summed E-state index contributed by atoms with van der Waals surface area (Å²) in [5.41, 5.74) is 1.52. The van der Waals surface area contributed by atoms with Crippen molar-refractivity contribution in [2.24, 2.45) is 0 Å². The van der Waals surface area contributed by atoms with Gasteiger partial charge in [-0.1, -0.05) is 29.8 Å². The molecule has 0 radical (unpaired) electrons. The van der Waals surface area contributed by atoms with E-state index < -0.39 is 5.82 Å². The number of hydrogen-bond acceptors (Lipinski definition) is 1. The van der Waals surface area contributed by atoms with Crippen molar-refractivity contribution in [3.8, 4) is 0 Å². The number of benzene rings is 2. The number of rotatable bonds is 5. The fourth-order valence-corrected chi connectivity index (χ4v) is 2.00. The first-order chi connectivity index (χ1) is 9.65. The van der Waals surface area contributed by atoms with Gasteiger partial charge in [-0.2, -0.15) is 0 Å². The van der Waals surface area contributed by atoms with Gasteiger partial charge in [0.05, 0.1) is 0 Å². The van der Waals surface area contributed by atoms with E-state index in [1.54, 1.807) is 6.07 Å². The van der Waals surface area contributed by atoms with Gasteiger partial charge in [0.15, 0.2) is 0 Å². The molecule has 0 spiro atoms. The Morgan fingerprint density at radius 2 is 1.90 bits per heavy atom. The van der Waals surface area contributed by atoms with Crippen LogP contribution in [0.1, 0.15) is 22.3 Å². The molecule has 1 N–H and O–H groups in total. The summed E-state index contributed by atoms with van der Waals surface area (Å²) in [5, 5.41) is 3.49. The molecule has 0 atom stereocenters. The van der Waals surface area contributed by atoms with Gasteiger partial charge >= 0.3 is 0 Å². The van der Waals surface area contributed by atoms with Gasteiger partial charge in [-0.3, -0.25) is 4.79 Å². The van der Waals surface area contributed by atoms with Crippen molar-refractivity contribution < 1.29 is 9.18 Å². The molecule has 2 nitrogen and oxygen atoms in total. The van der Waals surface area contributed by atoms with Crippen LogP contribution in [0.2, 0.25) is 5.02 Å². The monoisotopic (exact) mass is 291 g/mol. The molecule has 0 unspecified atom stereocenters. The Morgan fingerprint density at radius 1 is 1.15 bits per heavy atom. The van der Waals surface area contributed by atoms with Gasteiger partial charge in [-0.25, -0.2) is 4.39 Å². The molecule has 0 saturated heterocycles. The molecule has 0 aliphatic heterocycles. The van der Waals surface area contributed by atoms with Crippen LogP contribution in [-0.4, -0.2) is 12.5 Å². The van der Waals surface area contributed by atoms with E-state index in [1.165, 1.54) is 23.8 Å². The number of carbonyl (C=O) groups is 1. The minimum absolute atomic E-state index is 0.249. The van der Waals surface area contributed by atoms with E-state index >= 15 is 0 Å². The molecule has 0 bridgehead atoms. The molecule has 2 aromatic rings. The molecule has 0 fully saturated rings. The molecule has 0 saturated carbocycles. The quantitative estimate of drug-likeness (QED) is 0.833. The van der Waals surface area contributed by atoms with Crippen molar-refractivity contribution in [2.75, 3.05) is 6.54 Å². The largest absolute Gasteiger partial charge is 0.352 e. The molecule has 20 heavy (non-hydrogen) atoms. The summed E-state index contributed by atoms with van der Waals surface area (Å²) in [6, 6.07) is 13.3. The van der Waals surface area contributed by atoms with Gasteiger partial charge in [0.1, 0.15) is 5.82 Å². The van der Waals surface area contributed by atoms with Crippen molar-refractivity contribution in [3.63, 3.8) is 0 Å². The molecule has 104 valence electrons. The zero-order valence-corrected chi connectivity index (χ0v) is 11.7. The second-order valence-corrected chi connectivity index (χ2v) is 4.93. The molecule has 0 aliphatic carbocycles. The summed E-state index contributed by atoms with van der Waals surface area (Å²) in [7, 11) is 0. The zero-order valence-electron chi connectivity index (χ0n) is 10.9. The number of aryl methyl sites for hydroxylation is 1. The minimum atomic E-state index is -0.404. The molecule has 2 aromatic carbocycles. The number of carbonyl (C=O) groups excluding carboxylic acids is 1. The highest BCUT2D eigenvalue weighted by Gasteiger charge is 2.05. The van der Waals surface area contributed by atoms with E-state index in [9.17, 15) is 9.18 Å². The van der Waals surface area contributed by atoms with Crippen LogP contribution < -0.4 is 5.32 Å². The lowest BCUT2D eigenvalue weighted by molar-refractivity contribution is 0.0953. The van der Waals surface area contributed by atoms with Crippen LogP contribution in [0.15, 0.2) is 48.5 Å². The van der Waals surface area contributed by atoms with E-state index in [2.05, 4.69) is 5.32 Å². The lowest BCUT2D eigenvalue weighted by Gasteiger charge is -2.05. The van der Waals surface area contributed by atoms with Gasteiger partial charge in [0, 0.05) is 17.1 Å². The molecule has 2 rings (SSSR count). The van der Waals surface area contributed by atoms with Gasteiger partial charge in [0.2, 0.25) is 0 Å². The van der Waals surface area contributed by atoms with Gasteiger partial charge in [0.25, 0.3) is 5.91 Å². The van der Waals surface area contributed by atoms with Crippen molar-refractivity contribution in [3.05, 3.63) is 70.5 Å². The second kappa shape index (κ2) is 7.06. The lowest BCUT2D eigenvalue weighted by atomic mass is 10.1. The maximum Gasteiger partial charge on any atom is 0.251 e. The third kappa shape index (κ3) is 4.35. The third-order valence-electron chi connectivity index (χ3n) is 2.93. The molecular formula is C16H15ClFNO. The molecule has 0 heterocycles. The van der Waals surface area contributed by atoms with Crippen LogP contribution in [0.3, 0.4) is 0 Å². The standard InChI is InChI=1S/C16H15ClFNO/c17-14-8-6-12(7-9-14)3-2-10-19-16(20)13-4-1-5-15(18)11-13/h1,4-9,11H,2-3,10H2,(H,19,20). The van der Waals surface area contributed by atoms with Crippen molar-refractivity contribution >= 4 is 17.5 Å². The molecule has 1 amide bonds. The Kier molecular flexibility index (Phi) is 5.13. The first-order valence-corrected chi connectivity index (χ1v) is 6.81. The van der Waals surface area contributed by atoms with Crippen LogP contribution in [-0.2, 0) is 6.42 Å². The molecule has 0 aliphatic rings. The Labute approximate surface area is 122 Å². The van der Waals surface area contributed by atoms with Gasteiger partial charge in [-0.05, 0) is 48.7 Å². The summed E-state index contributed by atoms with van der Waals surface area (Å²) in [4.78, 5) is 11.8. The zero-order chi connectivity index (χ0) is 14.4. The maximum absolute atomic E-state index is 13.0. The summed E-state index contributed by atoms with van der Waals surface area (Å²) >= 11 is 5.81. The predicted molar refractivity (Wildman–Crippen MR) is 78.5 cm³/mol. The number of nitrogens with one attached hydrogen (secondary N) is 1. The summed E-state index contributed by atoms with van der Waals surface area (Å²) in [6.07, 6.45) is 1.68. The van der Waals surface area contributed by atoms with Crippen LogP contribution in [0.4, 0.5) is 4.39 Å². The van der Waals surface area contributed by atoms with E-state index in [0.717, 1.165) is 12.8 Å². The van der Waals surface area contributed by atoms with Crippen LogP contribution in [0.25, 0.3) is 0 Å². The molecule has 0 aromatic heterocycles. The average Bonchev–Trinajstić information content (AvgIpc) is 2.45. The Hall–Kier alpha value is -1.87. The fraction of sp³-hybridized carbons (Fsp3) is 0.188. The highest BCUT2D eigenvalue weighted by atomic mass is 35.5. The lowest BCUT2D eigenvalue weighted by Crippen LogP contribution is -2.24. The Balaban J connectivity index is 1.76. The SMILES string of the molecule is O=C(NCCCc1ccc(Cl)cc1)c1cccc(F)c1. The van der Waals surface area contributed by atoms with Crippen LogP contribution >= 0.6 is 11.6 Å². The minimum Gasteiger partial charge on any atom is -0.352 e. The average molecular weight is 292 g/mol.